The smallest absolute Gasteiger partial charge is 0.311 e. The van der Waals surface area contributed by atoms with E-state index in [2.05, 4.69) is 79.2 Å². The Morgan fingerprint density at radius 1 is 0.791 bits per heavy atom. The van der Waals surface area contributed by atoms with E-state index in [1.165, 1.54) is 0 Å². The molecule has 1 aliphatic heterocycles. The lowest BCUT2D eigenvalue weighted by atomic mass is 9.80. The first kappa shape index (κ1) is 31.9. The van der Waals surface area contributed by atoms with Crippen molar-refractivity contribution in [1.82, 2.24) is 5.32 Å². The van der Waals surface area contributed by atoms with Crippen LogP contribution in [0.25, 0.3) is 0 Å². The molecule has 0 spiro atoms. The zero-order valence-corrected chi connectivity index (χ0v) is 26.8. The summed E-state index contributed by atoms with van der Waals surface area (Å²) in [6.07, 6.45) is 0.687. The van der Waals surface area contributed by atoms with Crippen LogP contribution in [0, 0.1) is 5.41 Å². The minimum atomic E-state index is -0.545. The quantitative estimate of drug-likeness (QED) is 0.130. The van der Waals surface area contributed by atoms with Gasteiger partial charge in [0.1, 0.15) is 18.1 Å². The predicted molar refractivity (Wildman–Crippen MR) is 175 cm³/mol. The summed E-state index contributed by atoms with van der Waals surface area (Å²) in [7, 11) is 0. The Morgan fingerprint density at radius 2 is 1.33 bits per heavy atom. The summed E-state index contributed by atoms with van der Waals surface area (Å²) in [6, 6.07) is 20.6. The molecule has 7 nitrogen and oxygen atoms in total. The second kappa shape index (κ2) is 14.0. The standard InChI is InChI=1S/C36H47N3O4/c1-8-36(6,7)35(41)42-22-21-37-34(40)28-16-14-13-15-27(28)33-29-19-17-25(38(9-2)10-3)23-31(29)43-32-24-26(18-20-30(32)33)39(11-4)12-5/h13-20,23-24,33H,8-12,21-22H2,1-7H3,(H,37,40). The van der Waals surface area contributed by atoms with Gasteiger partial charge < -0.3 is 24.6 Å². The number of carbonyl (C=O) groups is 2. The number of benzene rings is 3. The molecule has 7 heteroatoms. The number of hydrogen-bond acceptors (Lipinski definition) is 6. The molecule has 0 unspecified atom stereocenters. The maximum Gasteiger partial charge on any atom is 0.311 e. The van der Waals surface area contributed by atoms with Gasteiger partial charge in [0, 0.05) is 72.3 Å². The summed E-state index contributed by atoms with van der Waals surface area (Å²) in [5.74, 6) is 0.961. The average Bonchev–Trinajstić information content (AvgIpc) is 3.02. The van der Waals surface area contributed by atoms with Crippen LogP contribution < -0.4 is 19.9 Å². The number of nitrogens with zero attached hydrogens (tertiary/aromatic N) is 2. The van der Waals surface area contributed by atoms with Crippen LogP contribution >= 0.6 is 0 Å². The van der Waals surface area contributed by atoms with Gasteiger partial charge in [-0.25, -0.2) is 0 Å². The molecule has 1 aliphatic rings. The maximum atomic E-state index is 13.6. The molecule has 1 amide bonds. The van der Waals surface area contributed by atoms with Crippen LogP contribution in [-0.4, -0.2) is 51.2 Å². The molecule has 43 heavy (non-hydrogen) atoms. The van der Waals surface area contributed by atoms with E-state index in [0.717, 1.165) is 65.7 Å². The van der Waals surface area contributed by atoms with Gasteiger partial charge in [-0.3, -0.25) is 9.59 Å². The van der Waals surface area contributed by atoms with Gasteiger partial charge in [0.25, 0.3) is 5.91 Å². The number of amides is 1. The molecule has 1 N–H and O–H groups in total. The summed E-state index contributed by atoms with van der Waals surface area (Å²) < 4.78 is 12.1. The number of hydrogen-bond donors (Lipinski definition) is 1. The van der Waals surface area contributed by atoms with Crippen molar-refractivity contribution < 1.29 is 19.1 Å². The second-order valence-corrected chi connectivity index (χ2v) is 11.5. The summed E-state index contributed by atoms with van der Waals surface area (Å²) in [6.45, 7) is 18.3. The van der Waals surface area contributed by atoms with Gasteiger partial charge in [0.05, 0.1) is 12.0 Å². The number of rotatable bonds is 13. The van der Waals surface area contributed by atoms with Gasteiger partial charge in [-0.2, -0.15) is 0 Å². The number of nitrogens with one attached hydrogen (secondary N) is 1. The molecular weight excluding hydrogens is 538 g/mol. The number of carbonyl (C=O) groups excluding carboxylic acids is 2. The molecule has 0 atom stereocenters. The minimum absolute atomic E-state index is 0.126. The molecule has 230 valence electrons. The van der Waals surface area contributed by atoms with Crippen LogP contribution in [0.1, 0.15) is 87.9 Å². The van der Waals surface area contributed by atoms with Crippen LogP contribution in [-0.2, 0) is 9.53 Å². The van der Waals surface area contributed by atoms with Crippen LogP contribution in [0.3, 0.4) is 0 Å². The highest BCUT2D eigenvalue weighted by Crippen LogP contribution is 2.50. The van der Waals surface area contributed by atoms with Gasteiger partial charge in [-0.05, 0) is 71.7 Å². The minimum Gasteiger partial charge on any atom is -0.463 e. The third kappa shape index (κ3) is 6.82. The lowest BCUT2D eigenvalue weighted by Gasteiger charge is -2.32. The summed E-state index contributed by atoms with van der Waals surface area (Å²) in [4.78, 5) is 30.5. The largest absolute Gasteiger partial charge is 0.463 e. The Bertz CT molecular complexity index is 1360. The first-order valence-corrected chi connectivity index (χ1v) is 15.7. The molecule has 0 aliphatic carbocycles. The van der Waals surface area contributed by atoms with Crippen molar-refractivity contribution in [2.45, 2.75) is 60.8 Å². The van der Waals surface area contributed by atoms with Crippen molar-refractivity contribution >= 4 is 23.3 Å². The second-order valence-electron chi connectivity index (χ2n) is 11.5. The summed E-state index contributed by atoms with van der Waals surface area (Å²) >= 11 is 0. The maximum absolute atomic E-state index is 13.6. The van der Waals surface area contributed by atoms with Crippen molar-refractivity contribution in [2.75, 3.05) is 49.1 Å². The molecule has 0 aromatic heterocycles. The first-order valence-electron chi connectivity index (χ1n) is 15.7. The van der Waals surface area contributed by atoms with Crippen molar-refractivity contribution in [2.24, 2.45) is 5.41 Å². The van der Waals surface area contributed by atoms with E-state index in [-0.39, 0.29) is 30.9 Å². The van der Waals surface area contributed by atoms with E-state index in [1.54, 1.807) is 0 Å². The summed E-state index contributed by atoms with van der Waals surface area (Å²) in [5, 5.41) is 2.97. The Kier molecular flexibility index (Phi) is 10.4. The van der Waals surface area contributed by atoms with Crippen molar-refractivity contribution in [3.63, 3.8) is 0 Å². The molecular formula is C36H47N3O4. The van der Waals surface area contributed by atoms with Gasteiger partial charge in [0.15, 0.2) is 0 Å². The highest BCUT2D eigenvalue weighted by molar-refractivity contribution is 5.96. The van der Waals surface area contributed by atoms with Crippen LogP contribution in [0.5, 0.6) is 11.5 Å². The Labute approximate surface area is 257 Å². The van der Waals surface area contributed by atoms with Crippen LogP contribution in [0.4, 0.5) is 11.4 Å². The Morgan fingerprint density at radius 3 is 1.84 bits per heavy atom. The van der Waals surface area contributed by atoms with Crippen LogP contribution in [0.15, 0.2) is 60.7 Å². The fraction of sp³-hybridized carbons (Fsp3) is 0.444. The van der Waals surface area contributed by atoms with Gasteiger partial charge in [-0.15, -0.1) is 0 Å². The fourth-order valence-corrected chi connectivity index (χ4v) is 5.59. The molecule has 0 saturated carbocycles. The highest BCUT2D eigenvalue weighted by atomic mass is 16.5. The lowest BCUT2D eigenvalue weighted by molar-refractivity contribution is -0.153. The average molecular weight is 586 g/mol. The molecule has 0 saturated heterocycles. The SMILES string of the molecule is CCN(CC)c1ccc2c(c1)Oc1cc(N(CC)CC)ccc1C2c1ccccc1C(=O)NCCOC(=O)C(C)(C)CC. The highest BCUT2D eigenvalue weighted by Gasteiger charge is 2.32. The third-order valence-electron chi connectivity index (χ3n) is 8.67. The van der Waals surface area contributed by atoms with Crippen LogP contribution in [0.2, 0.25) is 0 Å². The Balaban J connectivity index is 1.71. The van der Waals surface area contributed by atoms with E-state index >= 15 is 0 Å². The third-order valence-corrected chi connectivity index (χ3v) is 8.67. The number of esters is 1. The lowest BCUT2D eigenvalue weighted by Crippen LogP contribution is -2.32. The van der Waals surface area contributed by atoms with E-state index < -0.39 is 5.41 Å². The van der Waals surface area contributed by atoms with E-state index in [0.29, 0.717) is 12.0 Å². The molecule has 3 aromatic rings. The van der Waals surface area contributed by atoms with E-state index in [4.69, 9.17) is 9.47 Å². The van der Waals surface area contributed by atoms with Gasteiger partial charge in [-0.1, -0.05) is 37.3 Å². The summed E-state index contributed by atoms with van der Waals surface area (Å²) in [5.41, 5.74) is 5.21. The molecule has 0 fully saturated rings. The topological polar surface area (TPSA) is 71.1 Å². The van der Waals surface area contributed by atoms with E-state index in [1.807, 2.05) is 45.0 Å². The number of fused-ring (bicyclic) bond motifs is 2. The molecule has 0 bridgehead atoms. The first-order chi connectivity index (χ1) is 20.7. The van der Waals surface area contributed by atoms with Gasteiger partial charge in [0.2, 0.25) is 0 Å². The number of anilines is 2. The van der Waals surface area contributed by atoms with Gasteiger partial charge >= 0.3 is 5.97 Å². The fourth-order valence-electron chi connectivity index (χ4n) is 5.59. The van der Waals surface area contributed by atoms with Crippen molar-refractivity contribution in [3.05, 3.63) is 82.9 Å². The Hall–Kier alpha value is -4.00. The predicted octanol–water partition coefficient (Wildman–Crippen LogP) is 7.37. The number of ether oxygens (including phenoxy) is 2. The van der Waals surface area contributed by atoms with Crippen molar-refractivity contribution in [1.29, 1.82) is 0 Å². The monoisotopic (exact) mass is 585 g/mol. The zero-order valence-electron chi connectivity index (χ0n) is 26.8. The van der Waals surface area contributed by atoms with E-state index in [9.17, 15) is 9.59 Å². The molecule has 1 heterocycles. The molecule has 4 rings (SSSR count). The normalized spacial score (nSPS) is 12.5. The zero-order chi connectivity index (χ0) is 31.1. The molecule has 0 radical (unpaired) electrons. The molecule has 3 aromatic carbocycles. The van der Waals surface area contributed by atoms with Crippen molar-refractivity contribution in [3.8, 4) is 11.5 Å².